The highest BCUT2D eigenvalue weighted by Crippen LogP contribution is 2.28. The van der Waals surface area contributed by atoms with E-state index in [2.05, 4.69) is 15.5 Å². The predicted octanol–water partition coefficient (Wildman–Crippen LogP) is 2.24. The minimum atomic E-state index is -0.147. The van der Waals surface area contributed by atoms with Gasteiger partial charge in [0.15, 0.2) is 0 Å². The van der Waals surface area contributed by atoms with Crippen LogP contribution in [0.25, 0.3) is 11.5 Å². The molecule has 1 N–H and O–H groups in total. The summed E-state index contributed by atoms with van der Waals surface area (Å²) in [6.45, 7) is 3.64. The lowest BCUT2D eigenvalue weighted by atomic mass is 9.92. The summed E-state index contributed by atoms with van der Waals surface area (Å²) in [4.78, 5) is 18.9. The van der Waals surface area contributed by atoms with E-state index >= 15 is 0 Å². The van der Waals surface area contributed by atoms with Gasteiger partial charge in [0.05, 0.1) is 7.11 Å². The van der Waals surface area contributed by atoms with Gasteiger partial charge in [-0.25, -0.2) is 0 Å². The number of aromatic nitrogens is 2. The van der Waals surface area contributed by atoms with Gasteiger partial charge in [-0.2, -0.15) is 4.98 Å². The smallest absolute Gasteiger partial charge is 0.295 e. The van der Waals surface area contributed by atoms with Crippen LogP contribution in [0, 0.1) is 11.8 Å². The lowest BCUT2D eigenvalue weighted by Gasteiger charge is -2.18. The van der Waals surface area contributed by atoms with Crippen molar-refractivity contribution in [1.29, 1.82) is 0 Å². The number of halogens is 1. The molecular weight excluding hydrogens is 356 g/mol. The van der Waals surface area contributed by atoms with Crippen LogP contribution in [-0.4, -0.2) is 54.2 Å². The van der Waals surface area contributed by atoms with Crippen LogP contribution in [0.1, 0.15) is 23.5 Å². The molecule has 140 valence electrons. The third-order valence-corrected chi connectivity index (χ3v) is 5.24. The summed E-state index contributed by atoms with van der Waals surface area (Å²) in [5.41, 5.74) is 0.738. The zero-order chi connectivity index (χ0) is 17.2. The fourth-order valence-corrected chi connectivity index (χ4v) is 3.75. The van der Waals surface area contributed by atoms with Crippen LogP contribution in [0.15, 0.2) is 28.8 Å². The number of nitrogens with zero attached hydrogens (tertiary/aromatic N) is 3. The van der Waals surface area contributed by atoms with Crippen molar-refractivity contribution in [3.05, 3.63) is 30.1 Å². The van der Waals surface area contributed by atoms with Gasteiger partial charge in [0.25, 0.3) is 17.6 Å². The molecule has 1 amide bonds. The summed E-state index contributed by atoms with van der Waals surface area (Å²) in [7, 11) is 1.60. The first kappa shape index (κ1) is 18.7. The average molecular weight is 379 g/mol. The fourth-order valence-electron chi connectivity index (χ4n) is 3.75. The van der Waals surface area contributed by atoms with E-state index in [9.17, 15) is 4.79 Å². The van der Waals surface area contributed by atoms with Crippen LogP contribution in [0.5, 0.6) is 5.75 Å². The number of carbonyl (C=O) groups excluding carboxylic acids is 1. The van der Waals surface area contributed by atoms with Crippen molar-refractivity contribution in [3.8, 4) is 17.2 Å². The maximum atomic E-state index is 12.7. The highest BCUT2D eigenvalue weighted by Gasteiger charge is 2.32. The van der Waals surface area contributed by atoms with Gasteiger partial charge < -0.3 is 19.5 Å². The molecule has 2 atom stereocenters. The topological polar surface area (TPSA) is 80.5 Å². The first-order chi connectivity index (χ1) is 12.2. The van der Waals surface area contributed by atoms with E-state index < -0.39 is 0 Å². The Hall–Kier alpha value is -2.12. The number of amides is 1. The third kappa shape index (κ3) is 3.68. The summed E-state index contributed by atoms with van der Waals surface area (Å²) >= 11 is 0. The average Bonchev–Trinajstić information content (AvgIpc) is 3.27. The molecule has 0 spiro atoms. The number of nitrogens with one attached hydrogen (secondary N) is 1. The molecule has 4 rings (SSSR count). The first-order valence-corrected chi connectivity index (χ1v) is 8.72. The quantitative estimate of drug-likeness (QED) is 0.882. The Morgan fingerprint density at radius 3 is 2.69 bits per heavy atom. The predicted molar refractivity (Wildman–Crippen MR) is 98.5 cm³/mol. The second-order valence-electron chi connectivity index (χ2n) is 6.70. The van der Waals surface area contributed by atoms with Crippen LogP contribution in [0.2, 0.25) is 0 Å². The molecular formula is C18H23ClN4O3. The molecule has 2 aliphatic rings. The Morgan fingerprint density at radius 1 is 1.27 bits per heavy atom. The van der Waals surface area contributed by atoms with E-state index in [0.29, 0.717) is 23.5 Å². The SMILES string of the molecule is COc1cccc(-c2nc(C(=O)N3CC[C@@H]4CNC[C@@H]4CC3)no2)c1.Cl. The van der Waals surface area contributed by atoms with E-state index in [1.165, 1.54) is 0 Å². The van der Waals surface area contributed by atoms with E-state index in [-0.39, 0.29) is 24.1 Å². The number of methoxy groups -OCH3 is 1. The summed E-state index contributed by atoms with van der Waals surface area (Å²) in [6.07, 6.45) is 2.06. The fraction of sp³-hybridized carbons (Fsp3) is 0.500. The lowest BCUT2D eigenvalue weighted by molar-refractivity contribution is 0.0743. The molecule has 26 heavy (non-hydrogen) atoms. The number of benzene rings is 1. The van der Waals surface area contributed by atoms with E-state index in [1.807, 2.05) is 29.2 Å². The molecule has 1 aromatic carbocycles. The first-order valence-electron chi connectivity index (χ1n) is 8.72. The Kier molecular flexibility index (Phi) is 5.78. The van der Waals surface area contributed by atoms with E-state index in [4.69, 9.17) is 9.26 Å². The summed E-state index contributed by atoms with van der Waals surface area (Å²) in [5, 5.41) is 7.34. The van der Waals surface area contributed by atoms with Crippen molar-refractivity contribution in [3.63, 3.8) is 0 Å². The van der Waals surface area contributed by atoms with Crippen LogP contribution < -0.4 is 10.1 Å². The van der Waals surface area contributed by atoms with Crippen LogP contribution in [0.4, 0.5) is 0 Å². The van der Waals surface area contributed by atoms with Gasteiger partial charge in [-0.15, -0.1) is 12.4 Å². The largest absolute Gasteiger partial charge is 0.497 e. The van der Waals surface area contributed by atoms with Crippen LogP contribution in [-0.2, 0) is 0 Å². The molecule has 2 fully saturated rings. The van der Waals surface area contributed by atoms with Gasteiger partial charge >= 0.3 is 0 Å². The standard InChI is InChI=1S/C18H22N4O3.ClH/c1-24-15-4-2-3-12(9-15)17-20-16(21-25-17)18(23)22-7-5-13-10-19-11-14(13)6-8-22;/h2-4,9,13-14,19H,5-8,10-11H2,1H3;1H/t13-,14+;. The zero-order valence-electron chi connectivity index (χ0n) is 14.7. The van der Waals surface area contributed by atoms with Crippen molar-refractivity contribution in [1.82, 2.24) is 20.4 Å². The second kappa shape index (κ2) is 8.05. The molecule has 0 radical (unpaired) electrons. The molecule has 0 aliphatic carbocycles. The summed E-state index contributed by atoms with van der Waals surface area (Å²) < 4.78 is 10.5. The Balaban J connectivity index is 0.00000196. The van der Waals surface area contributed by atoms with Gasteiger partial charge in [-0.3, -0.25) is 4.79 Å². The minimum Gasteiger partial charge on any atom is -0.497 e. The van der Waals surface area contributed by atoms with Gasteiger partial charge in [-0.05, 0) is 56.0 Å². The Bertz CT molecular complexity index is 752. The van der Waals surface area contributed by atoms with E-state index in [0.717, 1.165) is 44.6 Å². The Labute approximate surface area is 158 Å². The summed E-state index contributed by atoms with van der Waals surface area (Å²) in [6, 6.07) is 7.35. The monoisotopic (exact) mass is 378 g/mol. The van der Waals surface area contributed by atoms with Crippen molar-refractivity contribution >= 4 is 18.3 Å². The molecule has 2 aliphatic heterocycles. The van der Waals surface area contributed by atoms with Crippen LogP contribution >= 0.6 is 12.4 Å². The molecule has 1 aromatic heterocycles. The number of ether oxygens (including phenoxy) is 1. The van der Waals surface area contributed by atoms with Crippen molar-refractivity contribution in [2.45, 2.75) is 12.8 Å². The number of likely N-dealkylation sites (tertiary alicyclic amines) is 1. The maximum absolute atomic E-state index is 12.7. The molecule has 0 saturated carbocycles. The molecule has 0 unspecified atom stereocenters. The molecule has 0 bridgehead atoms. The second-order valence-corrected chi connectivity index (χ2v) is 6.70. The van der Waals surface area contributed by atoms with Gasteiger partial charge in [0, 0.05) is 18.7 Å². The molecule has 2 saturated heterocycles. The lowest BCUT2D eigenvalue weighted by Crippen LogP contribution is -2.33. The number of hydrogen-bond donors (Lipinski definition) is 1. The zero-order valence-corrected chi connectivity index (χ0v) is 15.5. The highest BCUT2D eigenvalue weighted by atomic mass is 35.5. The summed E-state index contributed by atoms with van der Waals surface area (Å²) in [5.74, 6) is 2.37. The molecule has 2 aromatic rings. The number of carbonyl (C=O) groups is 1. The van der Waals surface area contributed by atoms with Gasteiger partial charge in [0.1, 0.15) is 5.75 Å². The number of fused-ring (bicyclic) bond motifs is 1. The van der Waals surface area contributed by atoms with Gasteiger partial charge in [-0.1, -0.05) is 11.2 Å². The normalized spacial score (nSPS) is 22.3. The molecule has 7 nitrogen and oxygen atoms in total. The van der Waals surface area contributed by atoms with E-state index in [1.54, 1.807) is 7.11 Å². The molecule has 3 heterocycles. The third-order valence-electron chi connectivity index (χ3n) is 5.24. The Morgan fingerprint density at radius 2 is 2.00 bits per heavy atom. The maximum Gasteiger partial charge on any atom is 0.295 e. The van der Waals surface area contributed by atoms with Crippen molar-refractivity contribution in [2.24, 2.45) is 11.8 Å². The molecule has 8 heteroatoms. The number of hydrogen-bond acceptors (Lipinski definition) is 6. The number of rotatable bonds is 3. The van der Waals surface area contributed by atoms with Crippen molar-refractivity contribution < 1.29 is 14.1 Å². The van der Waals surface area contributed by atoms with Crippen molar-refractivity contribution in [2.75, 3.05) is 33.3 Å². The minimum absolute atomic E-state index is 0. The van der Waals surface area contributed by atoms with Crippen LogP contribution in [0.3, 0.4) is 0 Å². The highest BCUT2D eigenvalue weighted by molar-refractivity contribution is 5.90. The van der Waals surface area contributed by atoms with Gasteiger partial charge in [0.2, 0.25) is 0 Å².